The zero-order valence-electron chi connectivity index (χ0n) is 13.4. The Morgan fingerprint density at radius 1 is 1.17 bits per heavy atom. The Kier molecular flexibility index (Phi) is 4.86. The smallest absolute Gasteiger partial charge is 0.262 e. The van der Waals surface area contributed by atoms with Crippen LogP contribution in [0.3, 0.4) is 0 Å². The molecule has 122 valence electrons. The Bertz CT molecular complexity index is 830. The third kappa shape index (κ3) is 3.97. The van der Waals surface area contributed by atoms with Gasteiger partial charge in [0, 0.05) is 16.6 Å². The maximum absolute atomic E-state index is 12.0. The summed E-state index contributed by atoms with van der Waals surface area (Å²) in [6, 6.07) is 13.4. The second-order valence-corrected chi connectivity index (χ2v) is 6.08. The van der Waals surface area contributed by atoms with Crippen molar-refractivity contribution in [2.24, 2.45) is 0 Å². The SMILES string of the molecule is Cc1ccc(C)c(OCC(=O)Nc2ccc(-c3csnn3)cc2)c1. The van der Waals surface area contributed by atoms with E-state index >= 15 is 0 Å². The molecular formula is C18H17N3O2S. The molecule has 2 aromatic carbocycles. The molecule has 0 unspecified atom stereocenters. The van der Waals surface area contributed by atoms with Crippen LogP contribution in [-0.2, 0) is 4.79 Å². The van der Waals surface area contributed by atoms with Crippen molar-refractivity contribution in [2.75, 3.05) is 11.9 Å². The largest absolute Gasteiger partial charge is 0.483 e. The van der Waals surface area contributed by atoms with Gasteiger partial charge in [-0.05, 0) is 54.7 Å². The number of anilines is 1. The predicted molar refractivity (Wildman–Crippen MR) is 95.4 cm³/mol. The summed E-state index contributed by atoms with van der Waals surface area (Å²) in [4.78, 5) is 12.0. The number of aromatic nitrogens is 2. The Morgan fingerprint density at radius 2 is 1.96 bits per heavy atom. The maximum atomic E-state index is 12.0. The van der Waals surface area contributed by atoms with Crippen LogP contribution in [0.1, 0.15) is 11.1 Å². The zero-order chi connectivity index (χ0) is 16.9. The van der Waals surface area contributed by atoms with Crippen molar-refractivity contribution >= 4 is 23.1 Å². The number of carbonyl (C=O) groups is 1. The number of rotatable bonds is 5. The van der Waals surface area contributed by atoms with Gasteiger partial charge < -0.3 is 10.1 Å². The molecule has 5 nitrogen and oxygen atoms in total. The van der Waals surface area contributed by atoms with Gasteiger partial charge in [0.05, 0.1) is 0 Å². The number of nitrogens with one attached hydrogen (secondary N) is 1. The van der Waals surface area contributed by atoms with Crippen LogP contribution in [0, 0.1) is 13.8 Å². The minimum atomic E-state index is -0.195. The number of aryl methyl sites for hydroxylation is 2. The highest BCUT2D eigenvalue weighted by Gasteiger charge is 2.07. The Hall–Kier alpha value is -2.73. The monoisotopic (exact) mass is 339 g/mol. The van der Waals surface area contributed by atoms with E-state index < -0.39 is 0 Å². The lowest BCUT2D eigenvalue weighted by molar-refractivity contribution is -0.118. The Balaban J connectivity index is 1.58. The van der Waals surface area contributed by atoms with E-state index in [9.17, 15) is 4.79 Å². The van der Waals surface area contributed by atoms with E-state index in [1.165, 1.54) is 11.5 Å². The highest BCUT2D eigenvalue weighted by atomic mass is 32.1. The summed E-state index contributed by atoms with van der Waals surface area (Å²) in [7, 11) is 0. The second-order valence-electron chi connectivity index (χ2n) is 5.47. The van der Waals surface area contributed by atoms with Gasteiger partial charge in [0.15, 0.2) is 6.61 Å². The number of hydrogen-bond donors (Lipinski definition) is 1. The standard InChI is InChI=1S/C18H17N3O2S/c1-12-3-4-13(2)17(9-12)23-10-18(22)19-15-7-5-14(6-8-15)16-11-24-21-20-16/h3-9,11H,10H2,1-2H3,(H,19,22). The zero-order valence-corrected chi connectivity index (χ0v) is 14.3. The van der Waals surface area contributed by atoms with E-state index in [4.69, 9.17) is 4.74 Å². The van der Waals surface area contributed by atoms with Gasteiger partial charge >= 0.3 is 0 Å². The molecule has 3 rings (SSSR count). The van der Waals surface area contributed by atoms with Crippen molar-refractivity contribution in [1.29, 1.82) is 0 Å². The van der Waals surface area contributed by atoms with E-state index in [2.05, 4.69) is 14.9 Å². The topological polar surface area (TPSA) is 64.1 Å². The lowest BCUT2D eigenvalue weighted by atomic mass is 10.1. The van der Waals surface area contributed by atoms with Gasteiger partial charge in [-0.3, -0.25) is 4.79 Å². The van der Waals surface area contributed by atoms with Gasteiger partial charge in [0.2, 0.25) is 0 Å². The molecule has 1 amide bonds. The molecule has 0 atom stereocenters. The summed E-state index contributed by atoms with van der Waals surface area (Å²) < 4.78 is 9.45. The van der Waals surface area contributed by atoms with Crippen LogP contribution in [0.2, 0.25) is 0 Å². The fourth-order valence-corrected chi connectivity index (χ4v) is 2.68. The quantitative estimate of drug-likeness (QED) is 0.767. The molecule has 0 saturated carbocycles. The van der Waals surface area contributed by atoms with E-state index in [0.717, 1.165) is 33.8 Å². The number of amides is 1. The lowest BCUT2D eigenvalue weighted by Gasteiger charge is -2.10. The van der Waals surface area contributed by atoms with Gasteiger partial charge in [-0.15, -0.1) is 5.10 Å². The van der Waals surface area contributed by atoms with Crippen LogP contribution in [0.25, 0.3) is 11.3 Å². The molecule has 0 saturated heterocycles. The van der Waals surface area contributed by atoms with Crippen molar-refractivity contribution in [3.8, 4) is 17.0 Å². The Labute approximate surface area is 144 Å². The Morgan fingerprint density at radius 3 is 2.67 bits per heavy atom. The van der Waals surface area contributed by atoms with Gasteiger partial charge in [0.25, 0.3) is 5.91 Å². The van der Waals surface area contributed by atoms with Crippen LogP contribution < -0.4 is 10.1 Å². The van der Waals surface area contributed by atoms with Crippen LogP contribution in [-0.4, -0.2) is 22.1 Å². The molecule has 1 heterocycles. The second kappa shape index (κ2) is 7.23. The minimum absolute atomic E-state index is 0.0257. The van der Waals surface area contributed by atoms with Crippen molar-refractivity contribution < 1.29 is 9.53 Å². The normalized spacial score (nSPS) is 10.4. The van der Waals surface area contributed by atoms with E-state index in [1.807, 2.05) is 61.7 Å². The first-order chi connectivity index (χ1) is 11.6. The summed E-state index contributed by atoms with van der Waals surface area (Å²) in [6.07, 6.45) is 0. The molecule has 0 aliphatic heterocycles. The van der Waals surface area contributed by atoms with Crippen molar-refractivity contribution in [3.05, 3.63) is 59.0 Å². The molecule has 0 aliphatic carbocycles. The average molecular weight is 339 g/mol. The van der Waals surface area contributed by atoms with Gasteiger partial charge in [-0.2, -0.15) is 0 Å². The van der Waals surface area contributed by atoms with Crippen LogP contribution in [0.15, 0.2) is 47.8 Å². The molecule has 1 aromatic heterocycles. The molecule has 0 spiro atoms. The summed E-state index contributed by atoms with van der Waals surface area (Å²) in [5.41, 5.74) is 4.62. The molecule has 3 aromatic rings. The molecule has 1 N–H and O–H groups in total. The van der Waals surface area contributed by atoms with Crippen molar-refractivity contribution in [2.45, 2.75) is 13.8 Å². The molecule has 6 heteroatoms. The third-order valence-corrected chi connectivity index (χ3v) is 4.03. The summed E-state index contributed by atoms with van der Waals surface area (Å²) in [5, 5.41) is 8.72. The van der Waals surface area contributed by atoms with Crippen molar-refractivity contribution in [1.82, 2.24) is 9.59 Å². The molecule has 24 heavy (non-hydrogen) atoms. The third-order valence-electron chi connectivity index (χ3n) is 3.53. The van der Waals surface area contributed by atoms with E-state index in [-0.39, 0.29) is 12.5 Å². The minimum Gasteiger partial charge on any atom is -0.483 e. The fourth-order valence-electron chi connectivity index (χ4n) is 2.22. The highest BCUT2D eigenvalue weighted by molar-refractivity contribution is 7.03. The highest BCUT2D eigenvalue weighted by Crippen LogP contribution is 2.21. The number of hydrogen-bond acceptors (Lipinski definition) is 5. The van der Waals surface area contributed by atoms with E-state index in [1.54, 1.807) is 0 Å². The predicted octanol–water partition coefficient (Wildman–Crippen LogP) is 3.84. The van der Waals surface area contributed by atoms with Gasteiger partial charge in [-0.1, -0.05) is 28.8 Å². The van der Waals surface area contributed by atoms with Gasteiger partial charge in [-0.25, -0.2) is 0 Å². The molecule has 0 aliphatic rings. The summed E-state index contributed by atoms with van der Waals surface area (Å²) >= 11 is 1.31. The molecule has 0 radical (unpaired) electrons. The van der Waals surface area contributed by atoms with Crippen LogP contribution >= 0.6 is 11.5 Å². The number of nitrogens with zero attached hydrogens (tertiary/aromatic N) is 2. The number of carbonyl (C=O) groups excluding carboxylic acids is 1. The fraction of sp³-hybridized carbons (Fsp3) is 0.167. The summed E-state index contributed by atoms with van der Waals surface area (Å²) in [5.74, 6) is 0.538. The lowest BCUT2D eigenvalue weighted by Crippen LogP contribution is -2.20. The number of ether oxygens (including phenoxy) is 1. The number of benzene rings is 2. The molecule has 0 bridgehead atoms. The molecule has 0 fully saturated rings. The van der Waals surface area contributed by atoms with E-state index in [0.29, 0.717) is 0 Å². The summed E-state index contributed by atoms with van der Waals surface area (Å²) in [6.45, 7) is 3.92. The maximum Gasteiger partial charge on any atom is 0.262 e. The first-order valence-corrected chi connectivity index (χ1v) is 8.33. The van der Waals surface area contributed by atoms with Crippen LogP contribution in [0.4, 0.5) is 5.69 Å². The van der Waals surface area contributed by atoms with Gasteiger partial charge in [0.1, 0.15) is 11.4 Å². The first kappa shape index (κ1) is 16.1. The first-order valence-electron chi connectivity index (χ1n) is 7.49. The average Bonchev–Trinajstić information content (AvgIpc) is 3.11. The molecular weight excluding hydrogens is 322 g/mol. The van der Waals surface area contributed by atoms with Crippen LogP contribution in [0.5, 0.6) is 5.75 Å². The van der Waals surface area contributed by atoms with Crippen molar-refractivity contribution in [3.63, 3.8) is 0 Å².